The maximum absolute atomic E-state index is 13.2. The van der Waals surface area contributed by atoms with Crippen LogP contribution < -0.4 is 10.3 Å². The molecule has 3 aromatic rings. The molecule has 0 aliphatic rings. The highest BCUT2D eigenvalue weighted by Gasteiger charge is 2.18. The number of carbonyl (C=O) groups is 1. The lowest BCUT2D eigenvalue weighted by atomic mass is 10.1. The Morgan fingerprint density at radius 2 is 1.94 bits per heavy atom. The van der Waals surface area contributed by atoms with Crippen LogP contribution in [0.5, 0.6) is 5.75 Å². The zero-order valence-electron chi connectivity index (χ0n) is 17.5. The number of benzene rings is 2. The smallest absolute Gasteiger partial charge is 0.344 e. The first-order valence-electron chi connectivity index (χ1n) is 9.77. The van der Waals surface area contributed by atoms with Gasteiger partial charge in [0, 0.05) is 10.4 Å². The molecule has 0 spiro atoms. The van der Waals surface area contributed by atoms with Gasteiger partial charge < -0.3 is 9.84 Å². The van der Waals surface area contributed by atoms with Crippen molar-refractivity contribution in [3.05, 3.63) is 63.7 Å². The van der Waals surface area contributed by atoms with Crippen molar-refractivity contribution in [1.82, 2.24) is 9.66 Å². The van der Waals surface area contributed by atoms with E-state index in [1.807, 2.05) is 38.1 Å². The molecule has 0 unspecified atom stereocenters. The second kappa shape index (κ2) is 10.6. The first-order valence-corrected chi connectivity index (χ1v) is 12.7. The lowest BCUT2D eigenvalue weighted by Crippen LogP contribution is -2.24. The van der Waals surface area contributed by atoms with E-state index >= 15 is 0 Å². The predicted molar refractivity (Wildman–Crippen MR) is 145 cm³/mol. The Morgan fingerprint density at radius 3 is 2.53 bits per heavy atom. The summed E-state index contributed by atoms with van der Waals surface area (Å²) in [6.07, 6.45) is 1.46. The highest BCUT2D eigenvalue weighted by molar-refractivity contribution is 14.1. The minimum atomic E-state index is -1.03. The number of hydrogen-bond donors (Lipinski definition) is 1. The van der Waals surface area contributed by atoms with Crippen molar-refractivity contribution in [1.29, 1.82) is 0 Å². The van der Waals surface area contributed by atoms with E-state index in [0.29, 0.717) is 22.5 Å². The summed E-state index contributed by atoms with van der Waals surface area (Å²) in [5.74, 6) is 0.118. The molecule has 1 aromatic heterocycles. The van der Waals surface area contributed by atoms with Crippen molar-refractivity contribution in [3.63, 3.8) is 0 Å². The fourth-order valence-corrected chi connectivity index (χ4v) is 5.33. The standard InChI is InChI=1S/C22H20BrI2N3O4/c1-4-11(2)20-27-18-6-5-14(23)9-15(18)21(29)28(20)26-10-13-7-16(24)19(17(25)8-13)32-12(3)22(30)31/h5-12H,4H2,1-3H3,(H,30,31)/t11-,12-/m0/s1. The van der Waals surface area contributed by atoms with Gasteiger partial charge in [-0.2, -0.15) is 9.78 Å². The third kappa shape index (κ3) is 5.50. The van der Waals surface area contributed by atoms with Crippen LogP contribution in [0.2, 0.25) is 0 Å². The molecule has 1 N–H and O–H groups in total. The van der Waals surface area contributed by atoms with Crippen LogP contribution in [-0.4, -0.2) is 33.1 Å². The van der Waals surface area contributed by atoms with E-state index < -0.39 is 12.1 Å². The maximum Gasteiger partial charge on any atom is 0.344 e. The average Bonchev–Trinajstić information content (AvgIpc) is 2.75. The lowest BCUT2D eigenvalue weighted by Gasteiger charge is -2.15. The number of ether oxygens (including phenoxy) is 1. The monoisotopic (exact) mass is 723 g/mol. The first-order chi connectivity index (χ1) is 15.1. The molecular weight excluding hydrogens is 704 g/mol. The second-order valence-corrected chi connectivity index (χ2v) is 10.5. The molecule has 2 atom stereocenters. The molecule has 0 radical (unpaired) electrons. The molecule has 168 valence electrons. The average molecular weight is 724 g/mol. The van der Waals surface area contributed by atoms with Crippen LogP contribution >= 0.6 is 61.1 Å². The molecule has 2 aromatic carbocycles. The van der Waals surface area contributed by atoms with Gasteiger partial charge in [0.1, 0.15) is 11.6 Å². The van der Waals surface area contributed by atoms with Crippen LogP contribution in [0.4, 0.5) is 0 Å². The summed E-state index contributed by atoms with van der Waals surface area (Å²) >= 11 is 7.61. The van der Waals surface area contributed by atoms with Gasteiger partial charge in [-0.3, -0.25) is 4.79 Å². The van der Waals surface area contributed by atoms with Crippen LogP contribution in [0.25, 0.3) is 10.9 Å². The molecule has 0 bridgehead atoms. The number of carboxylic acid groups (broad SMARTS) is 1. The molecular formula is C22H20BrI2N3O4. The highest BCUT2D eigenvalue weighted by atomic mass is 127. The third-order valence-corrected chi connectivity index (χ3v) is 6.97. The lowest BCUT2D eigenvalue weighted by molar-refractivity contribution is -0.144. The molecule has 0 fully saturated rings. The SMILES string of the molecule is CC[C@H](C)c1nc2ccc(Br)cc2c(=O)n1N=Cc1cc(I)c(O[C@@H](C)C(=O)O)c(I)c1. The molecule has 0 aliphatic carbocycles. The second-order valence-electron chi connectivity index (χ2n) is 7.21. The van der Waals surface area contributed by atoms with E-state index in [0.717, 1.165) is 23.6 Å². The Kier molecular flexibility index (Phi) is 8.31. The molecule has 0 saturated heterocycles. The summed E-state index contributed by atoms with van der Waals surface area (Å²) in [6, 6.07) is 9.09. The third-order valence-electron chi connectivity index (χ3n) is 4.87. The zero-order valence-corrected chi connectivity index (χ0v) is 23.4. The van der Waals surface area contributed by atoms with E-state index in [1.54, 1.807) is 12.3 Å². The number of hydrogen-bond acceptors (Lipinski definition) is 5. The predicted octanol–water partition coefficient (Wildman–Crippen LogP) is 5.62. The Morgan fingerprint density at radius 1 is 1.28 bits per heavy atom. The highest BCUT2D eigenvalue weighted by Crippen LogP contribution is 2.29. The fourth-order valence-electron chi connectivity index (χ4n) is 2.90. The number of fused-ring (bicyclic) bond motifs is 1. The number of carboxylic acids is 1. The van der Waals surface area contributed by atoms with Crippen LogP contribution in [0.3, 0.4) is 0 Å². The van der Waals surface area contributed by atoms with Crippen LogP contribution in [0.1, 0.15) is 44.5 Å². The minimum absolute atomic E-state index is 0.0430. The van der Waals surface area contributed by atoms with E-state index in [4.69, 9.17) is 14.8 Å². The number of nitrogens with zero attached hydrogens (tertiary/aromatic N) is 3. The normalized spacial score (nSPS) is 13.4. The summed E-state index contributed by atoms with van der Waals surface area (Å²) in [5, 5.41) is 14.1. The number of aromatic nitrogens is 2. The van der Waals surface area contributed by atoms with Crippen molar-refractivity contribution in [2.75, 3.05) is 0 Å². The summed E-state index contributed by atoms with van der Waals surface area (Å²) in [4.78, 5) is 29.1. The van der Waals surface area contributed by atoms with Gasteiger partial charge in [-0.15, -0.1) is 0 Å². The topological polar surface area (TPSA) is 93.8 Å². The van der Waals surface area contributed by atoms with E-state index in [1.165, 1.54) is 11.6 Å². The van der Waals surface area contributed by atoms with Crippen molar-refractivity contribution in [3.8, 4) is 5.75 Å². The van der Waals surface area contributed by atoms with Gasteiger partial charge in [-0.25, -0.2) is 9.78 Å². The van der Waals surface area contributed by atoms with Crippen molar-refractivity contribution < 1.29 is 14.6 Å². The van der Waals surface area contributed by atoms with Gasteiger partial charge in [0.2, 0.25) is 0 Å². The van der Waals surface area contributed by atoms with Gasteiger partial charge in [-0.05, 0) is 94.4 Å². The molecule has 10 heteroatoms. The Bertz CT molecular complexity index is 1250. The number of aliphatic carboxylic acids is 1. The minimum Gasteiger partial charge on any atom is -0.479 e. The first kappa shape index (κ1) is 25.1. The number of rotatable bonds is 7. The van der Waals surface area contributed by atoms with Gasteiger partial charge in [-0.1, -0.05) is 29.8 Å². The van der Waals surface area contributed by atoms with Crippen LogP contribution in [-0.2, 0) is 4.79 Å². The zero-order chi connectivity index (χ0) is 23.6. The Labute approximate surface area is 220 Å². The van der Waals surface area contributed by atoms with Crippen LogP contribution in [0, 0.1) is 7.14 Å². The molecule has 0 amide bonds. The molecule has 3 rings (SSSR count). The van der Waals surface area contributed by atoms with Gasteiger partial charge in [0.15, 0.2) is 6.10 Å². The van der Waals surface area contributed by atoms with Crippen molar-refractivity contribution in [2.45, 2.75) is 39.2 Å². The quantitative estimate of drug-likeness (QED) is 0.253. The molecule has 0 saturated carbocycles. The molecule has 0 aliphatic heterocycles. The summed E-state index contributed by atoms with van der Waals surface area (Å²) in [6.45, 7) is 5.54. The fraction of sp³-hybridized carbons (Fsp3) is 0.273. The van der Waals surface area contributed by atoms with E-state index in [2.05, 4.69) is 66.2 Å². The largest absolute Gasteiger partial charge is 0.479 e. The molecule has 7 nitrogen and oxygen atoms in total. The van der Waals surface area contributed by atoms with E-state index in [-0.39, 0.29) is 11.5 Å². The summed E-state index contributed by atoms with van der Waals surface area (Å²) < 4.78 is 9.23. The Balaban J connectivity index is 2.07. The molecule has 32 heavy (non-hydrogen) atoms. The molecule has 1 heterocycles. The van der Waals surface area contributed by atoms with E-state index in [9.17, 15) is 9.59 Å². The van der Waals surface area contributed by atoms with Gasteiger partial charge in [0.05, 0.1) is 24.3 Å². The van der Waals surface area contributed by atoms with Gasteiger partial charge in [0.25, 0.3) is 5.56 Å². The van der Waals surface area contributed by atoms with Crippen molar-refractivity contribution in [2.24, 2.45) is 5.10 Å². The summed E-state index contributed by atoms with van der Waals surface area (Å²) in [5.41, 5.74) is 1.16. The number of halogens is 3. The Hall–Kier alpha value is -1.54. The van der Waals surface area contributed by atoms with Gasteiger partial charge >= 0.3 is 5.97 Å². The summed E-state index contributed by atoms with van der Waals surface area (Å²) in [7, 11) is 0. The van der Waals surface area contributed by atoms with Crippen LogP contribution in [0.15, 0.2) is 44.7 Å². The van der Waals surface area contributed by atoms with Crippen molar-refractivity contribution >= 4 is 84.2 Å². The maximum atomic E-state index is 13.2.